The fraction of sp³-hybridized carbons (Fsp3) is 0.900. The van der Waals surface area contributed by atoms with E-state index in [0.29, 0.717) is 13.0 Å². The molecule has 0 unspecified atom stereocenters. The van der Waals surface area contributed by atoms with Crippen molar-refractivity contribution in [2.24, 2.45) is 5.41 Å². The first kappa shape index (κ1) is 10.5. The van der Waals surface area contributed by atoms with E-state index in [9.17, 15) is 4.79 Å². The molecular formula is C10H18O3. The number of esters is 1. The summed E-state index contributed by atoms with van der Waals surface area (Å²) in [5.74, 6) is -0.121. The molecule has 0 amide bonds. The average molecular weight is 186 g/mol. The molecule has 0 spiro atoms. The number of ether oxygens (including phenoxy) is 2. The van der Waals surface area contributed by atoms with E-state index in [1.165, 1.54) is 7.11 Å². The standard InChI is InChI=1S/C10H18O3/c1-8(2)13-7-10(4-5-10)6-9(11)12-3/h8H,4-7H2,1-3H3. The Hall–Kier alpha value is -0.570. The van der Waals surface area contributed by atoms with Crippen LogP contribution >= 0.6 is 0 Å². The van der Waals surface area contributed by atoms with Gasteiger partial charge in [-0.05, 0) is 26.7 Å². The molecule has 0 aliphatic heterocycles. The number of hydrogen-bond acceptors (Lipinski definition) is 3. The Morgan fingerprint density at radius 3 is 2.46 bits per heavy atom. The van der Waals surface area contributed by atoms with E-state index in [4.69, 9.17) is 4.74 Å². The molecule has 0 aromatic carbocycles. The van der Waals surface area contributed by atoms with E-state index < -0.39 is 0 Å². The Balaban J connectivity index is 2.26. The van der Waals surface area contributed by atoms with Crippen molar-refractivity contribution in [3.63, 3.8) is 0 Å². The fourth-order valence-electron chi connectivity index (χ4n) is 1.27. The summed E-state index contributed by atoms with van der Waals surface area (Å²) in [7, 11) is 1.43. The van der Waals surface area contributed by atoms with E-state index in [0.717, 1.165) is 12.8 Å². The molecule has 1 aliphatic rings. The van der Waals surface area contributed by atoms with Gasteiger partial charge in [0.25, 0.3) is 0 Å². The summed E-state index contributed by atoms with van der Waals surface area (Å²) in [6.07, 6.45) is 2.94. The zero-order valence-electron chi connectivity index (χ0n) is 8.63. The minimum absolute atomic E-state index is 0.108. The van der Waals surface area contributed by atoms with Crippen LogP contribution in [0.3, 0.4) is 0 Å². The van der Waals surface area contributed by atoms with Gasteiger partial charge in [0.05, 0.1) is 26.2 Å². The van der Waals surface area contributed by atoms with Crippen LogP contribution in [0.5, 0.6) is 0 Å². The molecule has 3 heteroatoms. The smallest absolute Gasteiger partial charge is 0.306 e. The second kappa shape index (κ2) is 4.09. The third-order valence-corrected chi connectivity index (χ3v) is 2.43. The first-order valence-electron chi connectivity index (χ1n) is 4.76. The minimum atomic E-state index is -0.121. The predicted molar refractivity (Wildman–Crippen MR) is 49.4 cm³/mol. The van der Waals surface area contributed by atoms with Crippen LogP contribution < -0.4 is 0 Å². The number of rotatable bonds is 5. The van der Waals surface area contributed by atoms with Gasteiger partial charge < -0.3 is 9.47 Å². The van der Waals surface area contributed by atoms with E-state index in [2.05, 4.69) is 4.74 Å². The maximum Gasteiger partial charge on any atom is 0.306 e. The van der Waals surface area contributed by atoms with Crippen LogP contribution in [0.4, 0.5) is 0 Å². The summed E-state index contributed by atoms with van der Waals surface area (Å²) in [5, 5.41) is 0. The quantitative estimate of drug-likeness (QED) is 0.614. The van der Waals surface area contributed by atoms with Gasteiger partial charge in [-0.25, -0.2) is 0 Å². The summed E-state index contributed by atoms with van der Waals surface area (Å²) in [5.41, 5.74) is 0.108. The van der Waals surface area contributed by atoms with E-state index in [1.54, 1.807) is 0 Å². The molecule has 0 saturated heterocycles. The second-order valence-corrected chi connectivity index (χ2v) is 4.11. The Morgan fingerprint density at radius 1 is 1.46 bits per heavy atom. The van der Waals surface area contributed by atoms with Gasteiger partial charge in [-0.3, -0.25) is 4.79 Å². The second-order valence-electron chi connectivity index (χ2n) is 4.11. The normalized spacial score (nSPS) is 18.8. The van der Waals surface area contributed by atoms with Crippen LogP contribution in [-0.4, -0.2) is 25.8 Å². The van der Waals surface area contributed by atoms with Crippen LogP contribution in [0.2, 0.25) is 0 Å². The molecule has 3 nitrogen and oxygen atoms in total. The van der Waals surface area contributed by atoms with Crippen molar-refractivity contribution in [3.8, 4) is 0 Å². The van der Waals surface area contributed by atoms with Crippen molar-refractivity contribution in [2.45, 2.75) is 39.2 Å². The molecule has 1 fully saturated rings. The summed E-state index contributed by atoms with van der Waals surface area (Å²) in [4.78, 5) is 11.0. The lowest BCUT2D eigenvalue weighted by molar-refractivity contribution is -0.142. The molecule has 0 atom stereocenters. The zero-order chi connectivity index (χ0) is 9.90. The maximum atomic E-state index is 11.0. The van der Waals surface area contributed by atoms with E-state index >= 15 is 0 Å². The van der Waals surface area contributed by atoms with Crippen LogP contribution in [-0.2, 0) is 14.3 Å². The summed E-state index contributed by atoms with van der Waals surface area (Å²) in [6, 6.07) is 0. The third kappa shape index (κ3) is 3.35. The molecule has 0 radical (unpaired) electrons. The molecule has 13 heavy (non-hydrogen) atoms. The van der Waals surface area contributed by atoms with Crippen molar-refractivity contribution >= 4 is 5.97 Å². The highest BCUT2D eigenvalue weighted by Crippen LogP contribution is 2.49. The van der Waals surface area contributed by atoms with Gasteiger partial charge in [0.2, 0.25) is 0 Å². The molecule has 0 heterocycles. The molecule has 1 aliphatic carbocycles. The van der Waals surface area contributed by atoms with Gasteiger partial charge in [0.1, 0.15) is 0 Å². The Morgan fingerprint density at radius 2 is 2.08 bits per heavy atom. The third-order valence-electron chi connectivity index (χ3n) is 2.43. The lowest BCUT2D eigenvalue weighted by atomic mass is 10.0. The van der Waals surface area contributed by atoms with Crippen molar-refractivity contribution in [2.75, 3.05) is 13.7 Å². The van der Waals surface area contributed by atoms with Crippen molar-refractivity contribution in [3.05, 3.63) is 0 Å². The van der Waals surface area contributed by atoms with E-state index in [-0.39, 0.29) is 17.5 Å². The van der Waals surface area contributed by atoms with Crippen LogP contribution in [0.1, 0.15) is 33.1 Å². The van der Waals surface area contributed by atoms with Crippen LogP contribution in [0, 0.1) is 5.41 Å². The van der Waals surface area contributed by atoms with Gasteiger partial charge in [-0.15, -0.1) is 0 Å². The molecule has 1 rings (SSSR count). The summed E-state index contributed by atoms with van der Waals surface area (Å²) < 4.78 is 10.1. The van der Waals surface area contributed by atoms with Gasteiger partial charge >= 0.3 is 5.97 Å². The lowest BCUT2D eigenvalue weighted by Gasteiger charge is -2.15. The Labute approximate surface area is 79.4 Å². The monoisotopic (exact) mass is 186 g/mol. The maximum absolute atomic E-state index is 11.0. The van der Waals surface area contributed by atoms with Crippen molar-refractivity contribution in [1.82, 2.24) is 0 Å². The molecular weight excluding hydrogens is 168 g/mol. The molecule has 0 aromatic rings. The topological polar surface area (TPSA) is 35.5 Å². The number of hydrogen-bond donors (Lipinski definition) is 0. The first-order chi connectivity index (χ1) is 6.08. The largest absolute Gasteiger partial charge is 0.469 e. The first-order valence-corrected chi connectivity index (χ1v) is 4.76. The number of carbonyl (C=O) groups excluding carboxylic acids is 1. The van der Waals surface area contributed by atoms with Gasteiger partial charge in [-0.2, -0.15) is 0 Å². The van der Waals surface area contributed by atoms with Crippen molar-refractivity contribution < 1.29 is 14.3 Å². The number of carbonyl (C=O) groups is 1. The fourth-order valence-corrected chi connectivity index (χ4v) is 1.27. The van der Waals surface area contributed by atoms with Crippen LogP contribution in [0.25, 0.3) is 0 Å². The highest BCUT2D eigenvalue weighted by Gasteiger charge is 2.45. The Bertz CT molecular complexity index is 183. The van der Waals surface area contributed by atoms with Gasteiger partial charge in [0.15, 0.2) is 0 Å². The van der Waals surface area contributed by atoms with Gasteiger partial charge in [-0.1, -0.05) is 0 Å². The SMILES string of the molecule is COC(=O)CC1(COC(C)C)CC1. The summed E-state index contributed by atoms with van der Waals surface area (Å²) in [6.45, 7) is 4.71. The zero-order valence-corrected chi connectivity index (χ0v) is 8.63. The highest BCUT2D eigenvalue weighted by atomic mass is 16.5. The van der Waals surface area contributed by atoms with Crippen molar-refractivity contribution in [1.29, 1.82) is 0 Å². The summed E-state index contributed by atoms with van der Waals surface area (Å²) >= 11 is 0. The average Bonchev–Trinajstić information content (AvgIpc) is 2.82. The molecule has 1 saturated carbocycles. The minimum Gasteiger partial charge on any atom is -0.469 e. The molecule has 0 bridgehead atoms. The predicted octanol–water partition coefficient (Wildman–Crippen LogP) is 1.75. The molecule has 0 aromatic heterocycles. The van der Waals surface area contributed by atoms with Crippen LogP contribution in [0.15, 0.2) is 0 Å². The number of methoxy groups -OCH3 is 1. The van der Waals surface area contributed by atoms with E-state index in [1.807, 2.05) is 13.8 Å². The van der Waals surface area contributed by atoms with Gasteiger partial charge in [0, 0.05) is 5.41 Å². The molecule has 76 valence electrons. The molecule has 0 N–H and O–H groups in total. The lowest BCUT2D eigenvalue weighted by Crippen LogP contribution is -2.19. The highest BCUT2D eigenvalue weighted by molar-refractivity contribution is 5.70. The Kier molecular flexibility index (Phi) is 3.31.